The minimum absolute atomic E-state index is 0.0412. The highest BCUT2D eigenvalue weighted by Crippen LogP contribution is 2.28. The molecule has 5 heterocycles. The number of hydrogen-bond acceptors (Lipinski definition) is 6. The lowest BCUT2D eigenvalue weighted by Crippen LogP contribution is -2.55. The van der Waals surface area contributed by atoms with E-state index < -0.39 is 11.5 Å². The molecule has 3 saturated heterocycles. The molecule has 2 N–H and O–H groups in total. The molecule has 2 aromatic rings. The lowest BCUT2D eigenvalue weighted by molar-refractivity contribution is -0.106. The summed E-state index contributed by atoms with van der Waals surface area (Å²) >= 11 is 0. The minimum atomic E-state index is -0.489. The van der Waals surface area contributed by atoms with E-state index >= 15 is 0 Å². The summed E-state index contributed by atoms with van der Waals surface area (Å²) in [5, 5.41) is 14.3. The van der Waals surface area contributed by atoms with Crippen LogP contribution in [0.15, 0.2) is 23.1 Å². The second-order valence-corrected chi connectivity index (χ2v) is 9.67. The van der Waals surface area contributed by atoms with Crippen molar-refractivity contribution in [3.05, 3.63) is 34.2 Å². The maximum absolute atomic E-state index is 13.4. The molecule has 172 valence electrons. The van der Waals surface area contributed by atoms with Crippen LogP contribution in [0.25, 0.3) is 11.0 Å². The summed E-state index contributed by atoms with van der Waals surface area (Å²) in [6.07, 6.45) is 8.00. The molecule has 4 fully saturated rings. The van der Waals surface area contributed by atoms with Crippen molar-refractivity contribution in [2.75, 3.05) is 19.7 Å². The first-order valence-corrected chi connectivity index (χ1v) is 11.9. The highest BCUT2D eigenvalue weighted by atomic mass is 16.5. The Balaban J connectivity index is 1.43. The first-order chi connectivity index (χ1) is 15.5. The number of hydrogen-bond donors (Lipinski definition) is 2. The number of piperidine rings is 1. The minimum Gasteiger partial charge on any atom is -0.506 e. The van der Waals surface area contributed by atoms with Gasteiger partial charge in [-0.3, -0.25) is 19.1 Å². The van der Waals surface area contributed by atoms with Crippen LogP contribution in [0.3, 0.4) is 0 Å². The van der Waals surface area contributed by atoms with Gasteiger partial charge >= 0.3 is 0 Å². The quantitative estimate of drug-likeness (QED) is 0.741. The second kappa shape index (κ2) is 8.83. The average Bonchev–Trinajstić information content (AvgIpc) is 2.81. The molecule has 0 aromatic carbocycles. The summed E-state index contributed by atoms with van der Waals surface area (Å²) in [5.41, 5.74) is -0.238. The fourth-order valence-electron chi connectivity index (χ4n) is 5.48. The number of aromatic hydroxyl groups is 1. The molecule has 3 aliphatic heterocycles. The van der Waals surface area contributed by atoms with Gasteiger partial charge in [-0.15, -0.1) is 0 Å². The van der Waals surface area contributed by atoms with Crippen molar-refractivity contribution in [2.24, 2.45) is 5.92 Å². The second-order valence-electron chi connectivity index (χ2n) is 9.67. The van der Waals surface area contributed by atoms with Gasteiger partial charge in [-0.05, 0) is 56.6 Å². The Morgan fingerprint density at radius 1 is 1.22 bits per heavy atom. The molecule has 6 rings (SSSR count). The Labute approximate surface area is 187 Å². The van der Waals surface area contributed by atoms with Gasteiger partial charge in [-0.2, -0.15) is 0 Å². The predicted octanol–water partition coefficient (Wildman–Crippen LogP) is 2.27. The van der Waals surface area contributed by atoms with E-state index in [1.54, 1.807) is 22.9 Å². The number of carbonyl (C=O) groups excluding carboxylic acids is 1. The summed E-state index contributed by atoms with van der Waals surface area (Å²) in [6.45, 7) is 4.93. The number of ether oxygens (including phenoxy) is 1. The number of amides is 1. The monoisotopic (exact) mass is 440 g/mol. The molecule has 2 aromatic heterocycles. The van der Waals surface area contributed by atoms with Gasteiger partial charge < -0.3 is 15.2 Å². The Hall–Kier alpha value is -2.45. The van der Waals surface area contributed by atoms with Crippen LogP contribution in [0.1, 0.15) is 55.8 Å². The van der Waals surface area contributed by atoms with Crippen molar-refractivity contribution in [3.63, 3.8) is 0 Å². The SMILES string of the molecule is CC1CCC(NC(=O)c2c(O)c3cccnc3n(CCN3C[C@H]4CC[C@@H]3CO4)c2=O)CC1. The van der Waals surface area contributed by atoms with Crippen LogP contribution >= 0.6 is 0 Å². The third-order valence-electron chi connectivity index (χ3n) is 7.48. The Morgan fingerprint density at radius 2 is 2.03 bits per heavy atom. The van der Waals surface area contributed by atoms with Gasteiger partial charge in [0.05, 0.1) is 18.1 Å². The van der Waals surface area contributed by atoms with Gasteiger partial charge in [0.1, 0.15) is 17.0 Å². The van der Waals surface area contributed by atoms with Gasteiger partial charge in [0.25, 0.3) is 11.5 Å². The summed E-state index contributed by atoms with van der Waals surface area (Å²) < 4.78 is 7.34. The third-order valence-corrected chi connectivity index (χ3v) is 7.48. The van der Waals surface area contributed by atoms with E-state index in [2.05, 4.69) is 22.1 Å². The first kappa shape index (κ1) is 21.4. The molecule has 1 aliphatic carbocycles. The van der Waals surface area contributed by atoms with Crippen molar-refractivity contribution in [1.82, 2.24) is 19.8 Å². The molecule has 8 nitrogen and oxygen atoms in total. The van der Waals surface area contributed by atoms with Gasteiger partial charge in [-0.1, -0.05) is 6.92 Å². The van der Waals surface area contributed by atoms with E-state index in [1.165, 1.54) is 0 Å². The molecule has 1 amide bonds. The Bertz CT molecular complexity index is 1050. The van der Waals surface area contributed by atoms with E-state index in [-0.39, 0.29) is 23.5 Å². The summed E-state index contributed by atoms with van der Waals surface area (Å²) in [4.78, 5) is 33.3. The van der Waals surface area contributed by atoms with Gasteiger partial charge in [0, 0.05) is 37.9 Å². The fraction of sp³-hybridized carbons (Fsp3) is 0.625. The number of nitrogens with one attached hydrogen (secondary N) is 1. The Kier molecular flexibility index (Phi) is 5.90. The number of aromatic nitrogens is 2. The maximum Gasteiger partial charge on any atom is 0.268 e. The molecule has 0 radical (unpaired) electrons. The molecule has 2 atom stereocenters. The zero-order valence-corrected chi connectivity index (χ0v) is 18.6. The van der Waals surface area contributed by atoms with Crippen LogP contribution < -0.4 is 10.9 Å². The molecule has 32 heavy (non-hydrogen) atoms. The molecule has 1 saturated carbocycles. The molecule has 4 aliphatic rings. The van der Waals surface area contributed by atoms with Crippen LogP contribution in [0.4, 0.5) is 0 Å². The van der Waals surface area contributed by atoms with Crippen molar-refractivity contribution in [2.45, 2.75) is 70.2 Å². The number of morpholine rings is 1. The summed E-state index contributed by atoms with van der Waals surface area (Å²) in [7, 11) is 0. The molecule has 8 heteroatoms. The number of nitrogens with zero attached hydrogens (tertiary/aromatic N) is 3. The standard InChI is InChI=1S/C24H32N4O4/c1-15-4-6-16(7-5-15)26-23(30)20-21(29)19-3-2-10-25-22(19)28(24(20)31)12-11-27-13-18-9-8-17(27)14-32-18/h2-3,10,15-18,29H,4-9,11-14H2,1H3,(H,26,30)/t15?,16?,17-,18-/m1/s1. The van der Waals surface area contributed by atoms with E-state index in [1.807, 2.05) is 0 Å². The van der Waals surface area contributed by atoms with Gasteiger partial charge in [-0.25, -0.2) is 4.98 Å². The van der Waals surface area contributed by atoms with E-state index in [9.17, 15) is 14.7 Å². The molecule has 0 unspecified atom stereocenters. The zero-order chi connectivity index (χ0) is 22.2. The lowest BCUT2D eigenvalue weighted by atomic mass is 9.87. The molecular formula is C24H32N4O4. The van der Waals surface area contributed by atoms with Gasteiger partial charge in [0.2, 0.25) is 0 Å². The highest BCUT2D eigenvalue weighted by Gasteiger charge is 2.34. The largest absolute Gasteiger partial charge is 0.506 e. The van der Waals surface area contributed by atoms with Crippen LogP contribution in [-0.2, 0) is 11.3 Å². The van der Waals surface area contributed by atoms with E-state index in [0.717, 1.165) is 51.7 Å². The average molecular weight is 441 g/mol. The fourth-order valence-corrected chi connectivity index (χ4v) is 5.48. The number of carbonyl (C=O) groups is 1. The number of pyridine rings is 2. The van der Waals surface area contributed by atoms with E-state index in [4.69, 9.17) is 4.74 Å². The molecule has 2 bridgehead atoms. The number of fused-ring (bicyclic) bond motifs is 4. The van der Waals surface area contributed by atoms with Crippen molar-refractivity contribution < 1.29 is 14.6 Å². The highest BCUT2D eigenvalue weighted by molar-refractivity contribution is 6.01. The summed E-state index contributed by atoms with van der Waals surface area (Å²) in [6, 6.07) is 3.84. The summed E-state index contributed by atoms with van der Waals surface area (Å²) in [5.74, 6) is -0.102. The maximum atomic E-state index is 13.4. The smallest absolute Gasteiger partial charge is 0.268 e. The lowest BCUT2D eigenvalue weighted by Gasteiger charge is -2.45. The number of rotatable bonds is 5. The topological polar surface area (TPSA) is 96.7 Å². The Morgan fingerprint density at radius 3 is 2.72 bits per heavy atom. The first-order valence-electron chi connectivity index (χ1n) is 11.9. The van der Waals surface area contributed by atoms with Crippen LogP contribution in [0.2, 0.25) is 0 Å². The van der Waals surface area contributed by atoms with Crippen molar-refractivity contribution >= 4 is 16.9 Å². The molecular weight excluding hydrogens is 408 g/mol. The predicted molar refractivity (Wildman–Crippen MR) is 121 cm³/mol. The van der Waals surface area contributed by atoms with Crippen LogP contribution in [-0.4, -0.2) is 63.3 Å². The normalized spacial score (nSPS) is 28.2. The van der Waals surface area contributed by atoms with Crippen molar-refractivity contribution in [1.29, 1.82) is 0 Å². The van der Waals surface area contributed by atoms with Gasteiger partial charge in [0.15, 0.2) is 0 Å². The van der Waals surface area contributed by atoms with Crippen molar-refractivity contribution in [3.8, 4) is 5.75 Å². The third kappa shape index (κ3) is 4.01. The molecule has 0 spiro atoms. The zero-order valence-electron chi connectivity index (χ0n) is 18.6. The van der Waals surface area contributed by atoms with Crippen LogP contribution in [0.5, 0.6) is 5.75 Å². The van der Waals surface area contributed by atoms with Crippen LogP contribution in [0, 0.1) is 5.92 Å². The van der Waals surface area contributed by atoms with E-state index in [0.29, 0.717) is 36.1 Å².